The minimum Gasteiger partial charge on any atom is -0.481 e. The number of ether oxygens (including phenoxy) is 1. The summed E-state index contributed by atoms with van der Waals surface area (Å²) in [5.41, 5.74) is 5.28. The molecule has 3 N–H and O–H groups in total. The van der Waals surface area contributed by atoms with Crippen molar-refractivity contribution in [3.05, 3.63) is 35.9 Å². The van der Waals surface area contributed by atoms with Crippen molar-refractivity contribution in [3.8, 4) is 0 Å². The Kier molecular flexibility index (Phi) is 10.5. The molecule has 0 fully saturated rings. The molecule has 1 rings (SSSR count). The molecule has 106 valence electrons. The summed E-state index contributed by atoms with van der Waals surface area (Å²) in [6.45, 7) is 0.830. The fourth-order valence-electron chi connectivity index (χ4n) is 1.13. The van der Waals surface area contributed by atoms with Gasteiger partial charge in [-0.05, 0) is 24.9 Å². The third-order valence-electron chi connectivity index (χ3n) is 2.04. The smallest absolute Gasteiger partial charge is 0.404 e. The molecule has 0 amide bonds. The zero-order valence-electron chi connectivity index (χ0n) is 10.5. The highest BCUT2D eigenvalue weighted by atomic mass is 35.5. The Bertz CT molecular complexity index is 370. The fraction of sp³-hybridized carbons (Fsp3) is 0.385. The maximum absolute atomic E-state index is 10.2. The number of rotatable bonds is 6. The van der Waals surface area contributed by atoms with Gasteiger partial charge in [-0.1, -0.05) is 30.3 Å². The highest BCUT2D eigenvalue weighted by Crippen LogP contribution is 2.01. The second-order valence-electron chi connectivity index (χ2n) is 3.65. The zero-order chi connectivity index (χ0) is 14.5. The lowest BCUT2D eigenvalue weighted by Crippen LogP contribution is -2.00. The van der Waals surface area contributed by atoms with Gasteiger partial charge in [0, 0.05) is 18.0 Å². The maximum atomic E-state index is 10.2. The number of benzene rings is 1. The third kappa shape index (κ3) is 12.7. The lowest BCUT2D eigenvalue weighted by Gasteiger charge is -1.98. The lowest BCUT2D eigenvalue weighted by molar-refractivity contribution is -0.137. The van der Waals surface area contributed by atoms with E-state index in [0.29, 0.717) is 13.0 Å². The summed E-state index contributed by atoms with van der Waals surface area (Å²) in [6, 6.07) is 9.36. The summed E-state index contributed by atoms with van der Waals surface area (Å²) in [5, 5.41) is 8.10. The minimum absolute atomic E-state index is 0.239. The van der Waals surface area contributed by atoms with Gasteiger partial charge in [-0.15, -0.1) is 0 Å². The predicted molar refractivity (Wildman–Crippen MR) is 73.0 cm³/mol. The standard InChI is InChI=1S/C8H7ClO2.C5H11NO2/c9-8(10)11-6-7-4-2-1-3-5-7;6-4-2-1-3-5(7)8/h1-5H,6H2;1-4,6H2,(H,7,8). The van der Waals surface area contributed by atoms with Gasteiger partial charge in [-0.3, -0.25) is 4.79 Å². The van der Waals surface area contributed by atoms with E-state index in [4.69, 9.17) is 22.4 Å². The van der Waals surface area contributed by atoms with Crippen molar-refractivity contribution in [1.29, 1.82) is 0 Å². The largest absolute Gasteiger partial charge is 0.481 e. The average Bonchev–Trinajstić information content (AvgIpc) is 2.38. The summed E-state index contributed by atoms with van der Waals surface area (Å²) >= 11 is 4.97. The Labute approximate surface area is 117 Å². The monoisotopic (exact) mass is 287 g/mol. The molecule has 6 heteroatoms. The summed E-state index contributed by atoms with van der Waals surface area (Å²) in [5.74, 6) is -0.738. The van der Waals surface area contributed by atoms with Crippen LogP contribution in [-0.4, -0.2) is 23.0 Å². The first kappa shape index (κ1) is 17.4. The lowest BCUT2D eigenvalue weighted by atomic mass is 10.2. The molecule has 0 radical (unpaired) electrons. The topological polar surface area (TPSA) is 89.6 Å². The number of carboxylic acids is 1. The van der Waals surface area contributed by atoms with E-state index in [0.717, 1.165) is 12.0 Å². The van der Waals surface area contributed by atoms with Crippen molar-refractivity contribution in [1.82, 2.24) is 0 Å². The molecule has 0 unspecified atom stereocenters. The highest BCUT2D eigenvalue weighted by Gasteiger charge is 1.95. The predicted octanol–water partition coefficient (Wildman–Crippen LogP) is 2.76. The quantitative estimate of drug-likeness (QED) is 0.620. The molecule has 0 spiro atoms. The number of hydrogen-bond donors (Lipinski definition) is 2. The first-order valence-corrected chi connectivity index (χ1v) is 6.22. The molecule has 5 nitrogen and oxygen atoms in total. The van der Waals surface area contributed by atoms with E-state index in [1.165, 1.54) is 0 Å². The van der Waals surface area contributed by atoms with Crippen LogP contribution in [0.3, 0.4) is 0 Å². The molecular formula is C13H18ClNO4. The van der Waals surface area contributed by atoms with E-state index >= 15 is 0 Å². The van der Waals surface area contributed by atoms with Crippen molar-refractivity contribution >= 4 is 23.0 Å². The van der Waals surface area contributed by atoms with Crippen molar-refractivity contribution in [2.75, 3.05) is 6.54 Å². The van der Waals surface area contributed by atoms with Crippen molar-refractivity contribution in [2.24, 2.45) is 5.73 Å². The van der Waals surface area contributed by atoms with E-state index in [-0.39, 0.29) is 13.0 Å². The van der Waals surface area contributed by atoms with Crippen LogP contribution in [0.4, 0.5) is 4.79 Å². The number of nitrogens with two attached hydrogens (primary N) is 1. The average molecular weight is 288 g/mol. The van der Waals surface area contributed by atoms with Crippen molar-refractivity contribution in [3.63, 3.8) is 0 Å². The molecule has 0 heterocycles. The second-order valence-corrected chi connectivity index (χ2v) is 3.96. The Morgan fingerprint density at radius 3 is 2.32 bits per heavy atom. The molecule has 0 atom stereocenters. The number of hydrogen-bond acceptors (Lipinski definition) is 4. The number of unbranched alkanes of at least 4 members (excludes halogenated alkanes) is 1. The van der Waals surface area contributed by atoms with E-state index in [1.54, 1.807) is 0 Å². The Hall–Kier alpha value is -1.59. The molecule has 0 aliphatic heterocycles. The summed E-state index contributed by atoms with van der Waals surface area (Å²) in [7, 11) is 0. The van der Waals surface area contributed by atoms with E-state index in [2.05, 4.69) is 4.74 Å². The van der Waals surface area contributed by atoms with Crippen LogP contribution < -0.4 is 5.73 Å². The Balaban J connectivity index is 0.000000362. The van der Waals surface area contributed by atoms with Crippen LogP contribution in [-0.2, 0) is 16.1 Å². The van der Waals surface area contributed by atoms with Crippen LogP contribution in [0.25, 0.3) is 0 Å². The SMILES string of the molecule is NCCCCC(=O)O.O=C(Cl)OCc1ccccc1. The molecular weight excluding hydrogens is 270 g/mol. The second kappa shape index (κ2) is 11.5. The highest BCUT2D eigenvalue weighted by molar-refractivity contribution is 6.61. The summed E-state index contributed by atoms with van der Waals surface area (Å²) in [4.78, 5) is 20.0. The normalized spacial score (nSPS) is 9.16. The van der Waals surface area contributed by atoms with Crippen LogP contribution in [0.15, 0.2) is 30.3 Å². The van der Waals surface area contributed by atoms with Crippen LogP contribution >= 0.6 is 11.6 Å². The van der Waals surface area contributed by atoms with E-state index in [1.807, 2.05) is 30.3 Å². The van der Waals surface area contributed by atoms with Crippen molar-refractivity contribution < 1.29 is 19.4 Å². The summed E-state index contributed by atoms with van der Waals surface area (Å²) in [6.07, 6.45) is 1.76. The molecule has 1 aromatic carbocycles. The number of carbonyl (C=O) groups is 2. The number of aliphatic carboxylic acids is 1. The first-order chi connectivity index (χ1) is 9.06. The van der Waals surface area contributed by atoms with Gasteiger partial charge in [-0.2, -0.15) is 0 Å². The molecule has 19 heavy (non-hydrogen) atoms. The number of carboxylic acid groups (broad SMARTS) is 1. The molecule has 0 bridgehead atoms. The molecule has 0 aromatic heterocycles. The van der Waals surface area contributed by atoms with Crippen LogP contribution in [0.1, 0.15) is 24.8 Å². The summed E-state index contributed by atoms with van der Waals surface area (Å²) < 4.78 is 4.55. The van der Waals surface area contributed by atoms with E-state index in [9.17, 15) is 9.59 Å². The first-order valence-electron chi connectivity index (χ1n) is 5.84. The van der Waals surface area contributed by atoms with E-state index < -0.39 is 11.4 Å². The molecule has 1 aromatic rings. The number of halogens is 1. The molecule has 0 saturated heterocycles. The fourth-order valence-corrected chi connectivity index (χ4v) is 1.19. The zero-order valence-corrected chi connectivity index (χ0v) is 11.3. The molecule has 0 aliphatic rings. The van der Waals surface area contributed by atoms with Gasteiger partial charge in [0.15, 0.2) is 0 Å². The van der Waals surface area contributed by atoms with Gasteiger partial charge in [0.25, 0.3) is 0 Å². The minimum atomic E-state index is -0.770. The Morgan fingerprint density at radius 1 is 1.21 bits per heavy atom. The van der Waals surface area contributed by atoms with Gasteiger partial charge in [0.1, 0.15) is 6.61 Å². The van der Waals surface area contributed by atoms with Crippen LogP contribution in [0.2, 0.25) is 0 Å². The number of carbonyl (C=O) groups excluding carboxylic acids is 1. The van der Waals surface area contributed by atoms with Gasteiger partial charge in [-0.25, -0.2) is 4.79 Å². The third-order valence-corrected chi connectivity index (χ3v) is 2.15. The van der Waals surface area contributed by atoms with Gasteiger partial charge >= 0.3 is 11.4 Å². The van der Waals surface area contributed by atoms with Crippen LogP contribution in [0, 0.1) is 0 Å². The van der Waals surface area contributed by atoms with Crippen LogP contribution in [0.5, 0.6) is 0 Å². The molecule has 0 saturated carbocycles. The maximum Gasteiger partial charge on any atom is 0.404 e. The van der Waals surface area contributed by atoms with Gasteiger partial charge in [0.05, 0.1) is 0 Å². The van der Waals surface area contributed by atoms with Crippen molar-refractivity contribution in [2.45, 2.75) is 25.9 Å². The van der Waals surface area contributed by atoms with Gasteiger partial charge < -0.3 is 15.6 Å². The Morgan fingerprint density at radius 2 is 1.84 bits per heavy atom. The van der Waals surface area contributed by atoms with Gasteiger partial charge in [0.2, 0.25) is 0 Å². The molecule has 0 aliphatic carbocycles.